The number of carbonyl (C=O) groups excluding carboxylic acids is 2. The Balaban J connectivity index is 1.85. The Morgan fingerprint density at radius 2 is 1.62 bits per heavy atom. The van der Waals surface area contributed by atoms with Gasteiger partial charge < -0.3 is 14.5 Å². The molecule has 0 radical (unpaired) electrons. The van der Waals surface area contributed by atoms with Crippen molar-refractivity contribution in [1.29, 1.82) is 0 Å². The fourth-order valence-corrected chi connectivity index (χ4v) is 2.89. The van der Waals surface area contributed by atoms with Crippen LogP contribution in [0.1, 0.15) is 24.2 Å². The van der Waals surface area contributed by atoms with Crippen LogP contribution in [-0.2, 0) is 4.79 Å². The molecular formula is C18H27N3O3. The molecule has 2 amide bonds. The number of methoxy groups -OCH3 is 1. The van der Waals surface area contributed by atoms with Crippen LogP contribution in [0, 0.1) is 0 Å². The number of rotatable bonds is 6. The van der Waals surface area contributed by atoms with E-state index in [1.165, 1.54) is 0 Å². The lowest BCUT2D eigenvalue weighted by Gasteiger charge is -2.35. The van der Waals surface area contributed by atoms with Crippen molar-refractivity contribution in [1.82, 2.24) is 14.7 Å². The maximum absolute atomic E-state index is 12.5. The van der Waals surface area contributed by atoms with Gasteiger partial charge in [-0.05, 0) is 38.1 Å². The van der Waals surface area contributed by atoms with Gasteiger partial charge >= 0.3 is 0 Å². The van der Waals surface area contributed by atoms with Crippen LogP contribution >= 0.6 is 0 Å². The summed E-state index contributed by atoms with van der Waals surface area (Å²) in [6.07, 6.45) is 0. The molecule has 132 valence electrons. The number of piperazine rings is 1. The number of ether oxygens (including phenoxy) is 1. The van der Waals surface area contributed by atoms with Gasteiger partial charge in [-0.3, -0.25) is 14.5 Å². The minimum Gasteiger partial charge on any atom is -0.497 e. The Bertz CT molecular complexity index is 547. The first-order valence-corrected chi connectivity index (χ1v) is 8.52. The fourth-order valence-electron chi connectivity index (χ4n) is 2.89. The molecule has 0 spiro atoms. The summed E-state index contributed by atoms with van der Waals surface area (Å²) < 4.78 is 5.12. The van der Waals surface area contributed by atoms with E-state index in [-0.39, 0.29) is 11.8 Å². The van der Waals surface area contributed by atoms with Gasteiger partial charge in [0, 0.05) is 44.8 Å². The lowest BCUT2D eigenvalue weighted by molar-refractivity contribution is -0.132. The second-order valence-electron chi connectivity index (χ2n) is 5.86. The van der Waals surface area contributed by atoms with Crippen LogP contribution in [0.15, 0.2) is 24.3 Å². The molecule has 0 unspecified atom stereocenters. The van der Waals surface area contributed by atoms with E-state index in [1.54, 1.807) is 31.4 Å². The predicted molar refractivity (Wildman–Crippen MR) is 93.3 cm³/mol. The summed E-state index contributed by atoms with van der Waals surface area (Å²) in [6.45, 7) is 8.67. The molecule has 0 N–H and O–H groups in total. The van der Waals surface area contributed by atoms with Gasteiger partial charge in [-0.25, -0.2) is 0 Å². The van der Waals surface area contributed by atoms with Gasteiger partial charge in [0.15, 0.2) is 0 Å². The summed E-state index contributed by atoms with van der Waals surface area (Å²) in [7, 11) is 1.61. The minimum atomic E-state index is 0.0346. The quantitative estimate of drug-likeness (QED) is 0.788. The molecule has 1 aliphatic rings. The van der Waals surface area contributed by atoms with Crippen molar-refractivity contribution < 1.29 is 14.3 Å². The largest absolute Gasteiger partial charge is 0.497 e. The molecule has 1 aromatic carbocycles. The van der Waals surface area contributed by atoms with E-state index in [9.17, 15) is 9.59 Å². The minimum absolute atomic E-state index is 0.0346. The van der Waals surface area contributed by atoms with Crippen LogP contribution in [0.2, 0.25) is 0 Å². The smallest absolute Gasteiger partial charge is 0.253 e. The lowest BCUT2D eigenvalue weighted by Crippen LogP contribution is -2.51. The van der Waals surface area contributed by atoms with Crippen molar-refractivity contribution in [3.63, 3.8) is 0 Å². The maximum atomic E-state index is 12.5. The molecule has 0 atom stereocenters. The van der Waals surface area contributed by atoms with E-state index in [2.05, 4.69) is 4.90 Å². The number of nitrogens with zero attached hydrogens (tertiary/aromatic N) is 3. The van der Waals surface area contributed by atoms with Crippen molar-refractivity contribution in [2.45, 2.75) is 13.8 Å². The molecule has 0 saturated carbocycles. The highest BCUT2D eigenvalue weighted by Crippen LogP contribution is 2.14. The van der Waals surface area contributed by atoms with E-state index in [0.717, 1.165) is 31.9 Å². The summed E-state index contributed by atoms with van der Waals surface area (Å²) in [6, 6.07) is 7.17. The number of hydrogen-bond acceptors (Lipinski definition) is 4. The molecule has 0 aromatic heterocycles. The normalized spacial score (nSPS) is 15.2. The van der Waals surface area contributed by atoms with E-state index in [4.69, 9.17) is 4.74 Å². The van der Waals surface area contributed by atoms with Crippen LogP contribution < -0.4 is 4.74 Å². The Hall–Kier alpha value is -2.08. The van der Waals surface area contributed by atoms with Gasteiger partial charge in [0.2, 0.25) is 5.91 Å². The Kier molecular flexibility index (Phi) is 6.61. The second-order valence-corrected chi connectivity index (χ2v) is 5.86. The Morgan fingerprint density at radius 1 is 1.04 bits per heavy atom. The molecule has 2 rings (SSSR count). The zero-order chi connectivity index (χ0) is 17.5. The molecule has 1 aromatic rings. The molecule has 6 heteroatoms. The predicted octanol–water partition coefficient (Wildman–Crippen LogP) is 1.32. The van der Waals surface area contributed by atoms with Crippen molar-refractivity contribution in [2.24, 2.45) is 0 Å². The van der Waals surface area contributed by atoms with Crippen LogP contribution in [0.25, 0.3) is 0 Å². The monoisotopic (exact) mass is 333 g/mol. The van der Waals surface area contributed by atoms with E-state index >= 15 is 0 Å². The van der Waals surface area contributed by atoms with E-state index < -0.39 is 0 Å². The van der Waals surface area contributed by atoms with Gasteiger partial charge in [-0.15, -0.1) is 0 Å². The van der Waals surface area contributed by atoms with Crippen molar-refractivity contribution >= 4 is 11.8 Å². The molecule has 24 heavy (non-hydrogen) atoms. The van der Waals surface area contributed by atoms with Crippen LogP contribution in [0.5, 0.6) is 5.75 Å². The third-order valence-electron chi connectivity index (χ3n) is 4.47. The molecule has 1 saturated heterocycles. The lowest BCUT2D eigenvalue weighted by atomic mass is 10.1. The molecule has 1 heterocycles. The van der Waals surface area contributed by atoms with Crippen molar-refractivity contribution in [3.8, 4) is 5.75 Å². The standard InChI is InChI=1S/C18H27N3O3/c1-4-20(5-2)17(22)14-19-10-12-21(13-11-19)18(23)15-6-8-16(24-3)9-7-15/h6-9H,4-5,10-14H2,1-3H3. The topological polar surface area (TPSA) is 53.1 Å². The van der Waals surface area contributed by atoms with Crippen LogP contribution in [0.3, 0.4) is 0 Å². The zero-order valence-electron chi connectivity index (χ0n) is 14.8. The molecule has 1 fully saturated rings. The summed E-state index contributed by atoms with van der Waals surface area (Å²) in [5.41, 5.74) is 0.670. The third kappa shape index (κ3) is 4.47. The average molecular weight is 333 g/mol. The first kappa shape index (κ1) is 18.3. The van der Waals surface area contributed by atoms with Crippen LogP contribution in [-0.4, -0.2) is 79.4 Å². The van der Waals surface area contributed by atoms with Gasteiger partial charge in [-0.1, -0.05) is 0 Å². The molecular weight excluding hydrogens is 306 g/mol. The first-order chi connectivity index (χ1) is 11.6. The number of amides is 2. The summed E-state index contributed by atoms with van der Waals surface area (Å²) in [4.78, 5) is 30.5. The van der Waals surface area contributed by atoms with Crippen LogP contribution in [0.4, 0.5) is 0 Å². The summed E-state index contributed by atoms with van der Waals surface area (Å²) >= 11 is 0. The summed E-state index contributed by atoms with van der Waals surface area (Å²) in [5, 5.41) is 0. The summed E-state index contributed by atoms with van der Waals surface area (Å²) in [5.74, 6) is 0.939. The highest BCUT2D eigenvalue weighted by molar-refractivity contribution is 5.94. The van der Waals surface area contributed by atoms with E-state index in [0.29, 0.717) is 25.2 Å². The van der Waals surface area contributed by atoms with Gasteiger partial charge in [0.25, 0.3) is 5.91 Å². The van der Waals surface area contributed by atoms with Gasteiger partial charge in [0.05, 0.1) is 13.7 Å². The zero-order valence-corrected chi connectivity index (χ0v) is 14.8. The average Bonchev–Trinajstić information content (AvgIpc) is 2.63. The van der Waals surface area contributed by atoms with Gasteiger partial charge in [-0.2, -0.15) is 0 Å². The molecule has 1 aliphatic heterocycles. The SMILES string of the molecule is CCN(CC)C(=O)CN1CCN(C(=O)c2ccc(OC)cc2)CC1. The number of likely N-dealkylation sites (N-methyl/N-ethyl adjacent to an activating group) is 1. The maximum Gasteiger partial charge on any atom is 0.253 e. The number of carbonyl (C=O) groups is 2. The molecule has 0 bridgehead atoms. The van der Waals surface area contributed by atoms with E-state index in [1.807, 2.05) is 23.6 Å². The van der Waals surface area contributed by atoms with Crippen molar-refractivity contribution in [2.75, 3.05) is 52.9 Å². The van der Waals surface area contributed by atoms with Crippen molar-refractivity contribution in [3.05, 3.63) is 29.8 Å². The Morgan fingerprint density at radius 3 is 2.12 bits per heavy atom. The third-order valence-corrected chi connectivity index (χ3v) is 4.47. The molecule has 6 nitrogen and oxygen atoms in total. The van der Waals surface area contributed by atoms with Gasteiger partial charge in [0.1, 0.15) is 5.75 Å². The first-order valence-electron chi connectivity index (χ1n) is 8.52. The number of hydrogen-bond donors (Lipinski definition) is 0. The second kappa shape index (κ2) is 8.68. The molecule has 0 aliphatic carbocycles. The Labute approximate surface area is 144 Å². The highest BCUT2D eigenvalue weighted by Gasteiger charge is 2.24. The fraction of sp³-hybridized carbons (Fsp3) is 0.556. The number of benzene rings is 1. The highest BCUT2D eigenvalue weighted by atomic mass is 16.5.